The normalized spacial score (nSPS) is 11.9. The highest BCUT2D eigenvalue weighted by molar-refractivity contribution is 6.21. The maximum atomic E-state index is 13.1. The number of pyridine rings is 1. The number of hydrogen-bond acceptors (Lipinski definition) is 2. The lowest BCUT2D eigenvalue weighted by atomic mass is 10.0. The van der Waals surface area contributed by atoms with Gasteiger partial charge in [0, 0.05) is 21.5 Å². The van der Waals surface area contributed by atoms with Crippen LogP contribution in [0.5, 0.6) is 5.75 Å². The van der Waals surface area contributed by atoms with Crippen LogP contribution >= 0.6 is 0 Å². The molecule has 0 N–H and O–H groups in total. The molecule has 110 valence electrons. The number of fused-ring (bicyclic) bond motifs is 5. The summed E-state index contributed by atoms with van der Waals surface area (Å²) in [7, 11) is 1.64. The standard InChI is InChI=1S/C20H13NO2/c1-23-17-11-5-9-15-18(17)14-8-4-7-13-12-6-2-3-10-16(12)21(19(13)14)20(15)22/h2-11H,1H3. The van der Waals surface area contributed by atoms with E-state index in [9.17, 15) is 4.79 Å². The van der Waals surface area contributed by atoms with Crippen molar-refractivity contribution in [1.29, 1.82) is 0 Å². The summed E-state index contributed by atoms with van der Waals surface area (Å²) in [6.45, 7) is 0. The largest absolute Gasteiger partial charge is 0.496 e. The fourth-order valence-corrected chi connectivity index (χ4v) is 3.71. The first-order chi connectivity index (χ1) is 11.3. The van der Waals surface area contributed by atoms with Crippen molar-refractivity contribution in [2.24, 2.45) is 0 Å². The van der Waals surface area contributed by atoms with E-state index in [1.807, 2.05) is 46.9 Å². The number of hydrogen-bond donors (Lipinski definition) is 0. The van der Waals surface area contributed by atoms with Gasteiger partial charge >= 0.3 is 0 Å². The van der Waals surface area contributed by atoms with E-state index in [4.69, 9.17) is 4.74 Å². The predicted octanol–water partition coefficient (Wildman–Crippen LogP) is 4.21. The van der Waals surface area contributed by atoms with Gasteiger partial charge in [-0.2, -0.15) is 0 Å². The molecule has 23 heavy (non-hydrogen) atoms. The second-order valence-corrected chi connectivity index (χ2v) is 5.74. The molecule has 3 heteroatoms. The maximum absolute atomic E-state index is 13.1. The Bertz CT molecular complexity index is 1270. The summed E-state index contributed by atoms with van der Waals surface area (Å²) in [6, 6.07) is 19.9. The van der Waals surface area contributed by atoms with Crippen molar-refractivity contribution in [2.75, 3.05) is 7.11 Å². The highest BCUT2D eigenvalue weighted by Gasteiger charge is 2.18. The first-order valence-electron chi connectivity index (χ1n) is 7.55. The van der Waals surface area contributed by atoms with Gasteiger partial charge in [0.2, 0.25) is 0 Å². The molecule has 0 aliphatic carbocycles. The van der Waals surface area contributed by atoms with Crippen LogP contribution in [0.4, 0.5) is 0 Å². The van der Waals surface area contributed by atoms with Crippen LogP contribution in [0.2, 0.25) is 0 Å². The molecule has 0 spiro atoms. The molecule has 0 aliphatic rings. The van der Waals surface area contributed by atoms with Gasteiger partial charge in [0.05, 0.1) is 23.5 Å². The number of aromatic nitrogens is 1. The number of para-hydroxylation sites is 2. The number of ether oxygens (including phenoxy) is 1. The lowest BCUT2D eigenvalue weighted by Crippen LogP contribution is -2.13. The second-order valence-electron chi connectivity index (χ2n) is 5.74. The Hall–Kier alpha value is -3.07. The third kappa shape index (κ3) is 1.41. The zero-order valence-electron chi connectivity index (χ0n) is 12.5. The molecule has 0 atom stereocenters. The second kappa shape index (κ2) is 4.23. The summed E-state index contributed by atoms with van der Waals surface area (Å²) < 4.78 is 7.35. The van der Waals surface area contributed by atoms with Crippen molar-refractivity contribution >= 4 is 38.0 Å². The van der Waals surface area contributed by atoms with Crippen molar-refractivity contribution in [3.05, 3.63) is 71.0 Å². The van der Waals surface area contributed by atoms with Crippen LogP contribution in [0.15, 0.2) is 65.5 Å². The van der Waals surface area contributed by atoms with Crippen molar-refractivity contribution in [3.63, 3.8) is 0 Å². The van der Waals surface area contributed by atoms with Gasteiger partial charge in [-0.15, -0.1) is 0 Å². The van der Waals surface area contributed by atoms with Crippen LogP contribution in [0.1, 0.15) is 0 Å². The quantitative estimate of drug-likeness (QED) is 0.434. The van der Waals surface area contributed by atoms with E-state index in [-0.39, 0.29) is 5.56 Å². The van der Waals surface area contributed by atoms with Crippen LogP contribution < -0.4 is 10.3 Å². The van der Waals surface area contributed by atoms with E-state index < -0.39 is 0 Å². The van der Waals surface area contributed by atoms with Gasteiger partial charge in [-0.25, -0.2) is 0 Å². The first-order valence-corrected chi connectivity index (χ1v) is 7.55. The van der Waals surface area contributed by atoms with E-state index in [0.29, 0.717) is 5.39 Å². The molecule has 2 aromatic heterocycles. The monoisotopic (exact) mass is 299 g/mol. The van der Waals surface area contributed by atoms with E-state index in [2.05, 4.69) is 18.2 Å². The molecular formula is C20H13NO2. The number of methoxy groups -OCH3 is 1. The molecule has 0 amide bonds. The smallest absolute Gasteiger partial charge is 0.263 e. The van der Waals surface area contributed by atoms with Gasteiger partial charge in [0.1, 0.15) is 5.75 Å². The summed E-state index contributed by atoms with van der Waals surface area (Å²) in [5.74, 6) is 0.736. The first kappa shape index (κ1) is 12.5. The number of rotatable bonds is 1. The summed E-state index contributed by atoms with van der Waals surface area (Å²) >= 11 is 0. The lowest BCUT2D eigenvalue weighted by Gasteiger charge is -2.09. The number of benzene rings is 3. The average Bonchev–Trinajstić information content (AvgIpc) is 2.95. The fourth-order valence-electron chi connectivity index (χ4n) is 3.71. The van der Waals surface area contributed by atoms with Crippen molar-refractivity contribution in [3.8, 4) is 5.75 Å². The summed E-state index contributed by atoms with van der Waals surface area (Å²) in [5, 5.41) is 4.82. The maximum Gasteiger partial charge on any atom is 0.263 e. The van der Waals surface area contributed by atoms with E-state index in [1.165, 1.54) is 0 Å². The Morgan fingerprint density at radius 3 is 2.35 bits per heavy atom. The van der Waals surface area contributed by atoms with Gasteiger partial charge in [-0.05, 0) is 18.2 Å². The Balaban J connectivity index is 2.27. The van der Waals surface area contributed by atoms with Crippen molar-refractivity contribution in [1.82, 2.24) is 4.40 Å². The predicted molar refractivity (Wildman–Crippen MR) is 93.9 cm³/mol. The highest BCUT2D eigenvalue weighted by Crippen LogP contribution is 2.36. The average molecular weight is 299 g/mol. The van der Waals surface area contributed by atoms with Gasteiger partial charge in [-0.1, -0.05) is 42.5 Å². The highest BCUT2D eigenvalue weighted by atomic mass is 16.5. The summed E-state index contributed by atoms with van der Waals surface area (Å²) in [6.07, 6.45) is 0. The van der Waals surface area contributed by atoms with Crippen molar-refractivity contribution in [2.45, 2.75) is 0 Å². The van der Waals surface area contributed by atoms with Gasteiger partial charge < -0.3 is 4.74 Å². The van der Waals surface area contributed by atoms with Gasteiger partial charge in [0.15, 0.2) is 0 Å². The van der Waals surface area contributed by atoms with E-state index >= 15 is 0 Å². The SMILES string of the molecule is COc1cccc2c(=O)n3c4ccccc4c4cccc(c12)c43. The molecule has 0 unspecified atom stereocenters. The van der Waals surface area contributed by atoms with Crippen LogP contribution in [0, 0.1) is 0 Å². The van der Waals surface area contributed by atoms with E-state index in [0.717, 1.165) is 38.3 Å². The Kier molecular flexibility index (Phi) is 2.29. The molecule has 0 saturated carbocycles. The fraction of sp³-hybridized carbons (Fsp3) is 0.0500. The lowest BCUT2D eigenvalue weighted by molar-refractivity contribution is 0.420. The Morgan fingerprint density at radius 2 is 1.48 bits per heavy atom. The third-order valence-electron chi connectivity index (χ3n) is 4.64. The van der Waals surface area contributed by atoms with Crippen molar-refractivity contribution < 1.29 is 4.74 Å². The van der Waals surface area contributed by atoms with Crippen LogP contribution in [0.25, 0.3) is 38.0 Å². The molecule has 0 fully saturated rings. The molecule has 2 heterocycles. The van der Waals surface area contributed by atoms with Crippen LogP contribution in [0.3, 0.4) is 0 Å². The minimum atomic E-state index is 0.00352. The molecule has 5 aromatic rings. The minimum absolute atomic E-state index is 0.00352. The van der Waals surface area contributed by atoms with Crippen LogP contribution in [-0.4, -0.2) is 11.5 Å². The summed E-state index contributed by atoms with van der Waals surface area (Å²) in [5.41, 5.74) is 1.92. The van der Waals surface area contributed by atoms with Gasteiger partial charge in [-0.3, -0.25) is 9.20 Å². The Labute approximate surface area is 131 Å². The number of nitrogens with zero attached hydrogens (tertiary/aromatic N) is 1. The zero-order valence-corrected chi connectivity index (χ0v) is 12.5. The van der Waals surface area contributed by atoms with E-state index in [1.54, 1.807) is 7.11 Å². The molecule has 5 rings (SSSR count). The minimum Gasteiger partial charge on any atom is -0.496 e. The zero-order chi connectivity index (χ0) is 15.6. The molecule has 3 nitrogen and oxygen atoms in total. The molecule has 0 radical (unpaired) electrons. The molecular weight excluding hydrogens is 286 g/mol. The molecule has 0 aliphatic heterocycles. The summed E-state index contributed by atoms with van der Waals surface area (Å²) in [4.78, 5) is 13.1. The van der Waals surface area contributed by atoms with Crippen LogP contribution in [-0.2, 0) is 0 Å². The van der Waals surface area contributed by atoms with Gasteiger partial charge in [0.25, 0.3) is 5.56 Å². The Morgan fingerprint density at radius 1 is 0.783 bits per heavy atom. The molecule has 0 saturated heterocycles. The third-order valence-corrected chi connectivity index (χ3v) is 4.64. The topological polar surface area (TPSA) is 30.7 Å². The molecule has 3 aromatic carbocycles. The molecule has 0 bridgehead atoms.